The fraction of sp³-hybridized carbons (Fsp3) is 1.00. The van der Waals surface area contributed by atoms with Crippen molar-refractivity contribution in [3.05, 3.63) is 0 Å². The molecule has 3 atom stereocenters. The van der Waals surface area contributed by atoms with Gasteiger partial charge in [-0.15, -0.1) is 0 Å². The first-order valence-electron chi connectivity index (χ1n) is 6.00. The molecule has 3 unspecified atom stereocenters. The van der Waals surface area contributed by atoms with Crippen LogP contribution in [0.3, 0.4) is 0 Å². The standard InChI is InChI=1S/C13H26/c1-9(2)6-12-8-13(12)7-11(5)10(3)4/h9-13H,6-8H2,1-5H3. The van der Waals surface area contributed by atoms with E-state index < -0.39 is 0 Å². The van der Waals surface area contributed by atoms with Crippen LogP contribution in [0.15, 0.2) is 0 Å². The molecule has 13 heavy (non-hydrogen) atoms. The fourth-order valence-electron chi connectivity index (χ4n) is 2.24. The quantitative estimate of drug-likeness (QED) is 0.593. The van der Waals surface area contributed by atoms with E-state index in [1.165, 1.54) is 19.3 Å². The van der Waals surface area contributed by atoms with Gasteiger partial charge in [0.25, 0.3) is 0 Å². The number of hydrogen-bond donors (Lipinski definition) is 0. The van der Waals surface area contributed by atoms with Crippen LogP contribution in [0.4, 0.5) is 0 Å². The summed E-state index contributed by atoms with van der Waals surface area (Å²) in [5.41, 5.74) is 0. The zero-order chi connectivity index (χ0) is 10.0. The van der Waals surface area contributed by atoms with Gasteiger partial charge < -0.3 is 0 Å². The second-order valence-corrected chi connectivity index (χ2v) is 5.84. The lowest BCUT2D eigenvalue weighted by atomic mass is 9.91. The van der Waals surface area contributed by atoms with E-state index in [0.29, 0.717) is 0 Å². The lowest BCUT2D eigenvalue weighted by molar-refractivity contribution is 0.357. The topological polar surface area (TPSA) is 0 Å². The van der Waals surface area contributed by atoms with Crippen molar-refractivity contribution in [1.82, 2.24) is 0 Å². The van der Waals surface area contributed by atoms with E-state index in [2.05, 4.69) is 34.6 Å². The van der Waals surface area contributed by atoms with Gasteiger partial charge in [0.2, 0.25) is 0 Å². The molecule has 0 saturated heterocycles. The third-order valence-corrected chi connectivity index (χ3v) is 3.66. The predicted octanol–water partition coefficient (Wildman–Crippen LogP) is 4.35. The molecule has 0 heteroatoms. The Morgan fingerprint density at radius 2 is 1.46 bits per heavy atom. The fourth-order valence-corrected chi connectivity index (χ4v) is 2.24. The van der Waals surface area contributed by atoms with Crippen LogP contribution < -0.4 is 0 Å². The first-order valence-corrected chi connectivity index (χ1v) is 6.00. The van der Waals surface area contributed by atoms with E-state index in [-0.39, 0.29) is 0 Å². The minimum absolute atomic E-state index is 0.875. The maximum atomic E-state index is 2.41. The molecule has 0 N–H and O–H groups in total. The van der Waals surface area contributed by atoms with Gasteiger partial charge in [-0.1, -0.05) is 34.6 Å². The molecule has 0 radical (unpaired) electrons. The third kappa shape index (κ3) is 3.70. The third-order valence-electron chi connectivity index (χ3n) is 3.66. The lowest BCUT2D eigenvalue weighted by Crippen LogP contribution is -2.05. The van der Waals surface area contributed by atoms with E-state index in [1.807, 2.05) is 0 Å². The van der Waals surface area contributed by atoms with Crippen LogP contribution in [0.2, 0.25) is 0 Å². The summed E-state index contributed by atoms with van der Waals surface area (Å²) in [7, 11) is 0. The van der Waals surface area contributed by atoms with Gasteiger partial charge in [-0.3, -0.25) is 0 Å². The van der Waals surface area contributed by atoms with Crippen LogP contribution in [0.1, 0.15) is 53.9 Å². The monoisotopic (exact) mass is 182 g/mol. The van der Waals surface area contributed by atoms with E-state index in [9.17, 15) is 0 Å². The highest BCUT2D eigenvalue weighted by Crippen LogP contribution is 2.47. The molecule has 1 rings (SSSR count). The Kier molecular flexibility index (Phi) is 3.82. The van der Waals surface area contributed by atoms with Crippen molar-refractivity contribution in [1.29, 1.82) is 0 Å². The van der Waals surface area contributed by atoms with E-state index in [4.69, 9.17) is 0 Å². The molecule has 0 spiro atoms. The Bertz CT molecular complexity index is 146. The van der Waals surface area contributed by atoms with Crippen molar-refractivity contribution in [2.24, 2.45) is 29.6 Å². The molecular weight excluding hydrogens is 156 g/mol. The largest absolute Gasteiger partial charge is 0.0628 e. The maximum Gasteiger partial charge on any atom is -0.0380 e. The van der Waals surface area contributed by atoms with Gasteiger partial charge >= 0.3 is 0 Å². The first-order chi connectivity index (χ1) is 6.00. The summed E-state index contributed by atoms with van der Waals surface area (Å²) in [5, 5.41) is 0. The molecule has 0 aliphatic heterocycles. The van der Waals surface area contributed by atoms with Crippen molar-refractivity contribution in [2.45, 2.75) is 53.9 Å². The highest BCUT2D eigenvalue weighted by atomic mass is 14.4. The van der Waals surface area contributed by atoms with Crippen LogP contribution in [0.25, 0.3) is 0 Å². The molecule has 0 aromatic heterocycles. The second kappa shape index (κ2) is 4.48. The van der Waals surface area contributed by atoms with E-state index in [0.717, 1.165) is 29.6 Å². The molecular formula is C13H26. The summed E-state index contributed by atoms with van der Waals surface area (Å²) in [6.45, 7) is 11.8. The Labute approximate surface area is 84.1 Å². The molecule has 1 aliphatic carbocycles. The summed E-state index contributed by atoms with van der Waals surface area (Å²) in [4.78, 5) is 0. The van der Waals surface area contributed by atoms with Crippen LogP contribution in [-0.2, 0) is 0 Å². The van der Waals surface area contributed by atoms with Crippen molar-refractivity contribution in [3.63, 3.8) is 0 Å². The average Bonchev–Trinajstić information content (AvgIpc) is 2.66. The van der Waals surface area contributed by atoms with Gasteiger partial charge in [-0.25, -0.2) is 0 Å². The minimum Gasteiger partial charge on any atom is -0.0628 e. The summed E-state index contributed by atoms with van der Waals surface area (Å²) < 4.78 is 0. The van der Waals surface area contributed by atoms with Crippen molar-refractivity contribution >= 4 is 0 Å². The SMILES string of the molecule is CC(C)CC1CC1CC(C)C(C)C. The molecule has 1 aliphatic rings. The first kappa shape index (κ1) is 11.1. The lowest BCUT2D eigenvalue weighted by Gasteiger charge is -2.15. The summed E-state index contributed by atoms with van der Waals surface area (Å²) in [5.74, 6) is 4.88. The van der Waals surface area contributed by atoms with E-state index >= 15 is 0 Å². The molecule has 0 amide bonds. The molecule has 78 valence electrons. The normalized spacial score (nSPS) is 29.8. The molecule has 0 heterocycles. The summed E-state index contributed by atoms with van der Waals surface area (Å²) >= 11 is 0. The zero-order valence-corrected chi connectivity index (χ0v) is 10.0. The highest BCUT2D eigenvalue weighted by molar-refractivity contribution is 4.88. The average molecular weight is 182 g/mol. The molecule has 0 aromatic rings. The number of rotatable bonds is 5. The van der Waals surface area contributed by atoms with Gasteiger partial charge in [0.1, 0.15) is 0 Å². The van der Waals surface area contributed by atoms with Crippen LogP contribution in [0, 0.1) is 29.6 Å². The second-order valence-electron chi connectivity index (χ2n) is 5.84. The van der Waals surface area contributed by atoms with Crippen LogP contribution in [-0.4, -0.2) is 0 Å². The van der Waals surface area contributed by atoms with Gasteiger partial charge in [-0.05, 0) is 48.9 Å². The van der Waals surface area contributed by atoms with E-state index in [1.54, 1.807) is 0 Å². The predicted molar refractivity (Wildman–Crippen MR) is 59.7 cm³/mol. The minimum atomic E-state index is 0.875. The Hall–Kier alpha value is 0. The van der Waals surface area contributed by atoms with Crippen molar-refractivity contribution < 1.29 is 0 Å². The van der Waals surface area contributed by atoms with Gasteiger partial charge in [0.15, 0.2) is 0 Å². The molecule has 1 saturated carbocycles. The maximum absolute atomic E-state index is 2.41. The zero-order valence-electron chi connectivity index (χ0n) is 10.0. The Morgan fingerprint density at radius 3 is 1.92 bits per heavy atom. The molecule has 0 aromatic carbocycles. The summed E-state index contributed by atoms with van der Waals surface area (Å²) in [6, 6.07) is 0. The smallest absolute Gasteiger partial charge is 0.0380 e. The summed E-state index contributed by atoms with van der Waals surface area (Å²) in [6.07, 6.45) is 4.47. The van der Waals surface area contributed by atoms with Gasteiger partial charge in [-0.2, -0.15) is 0 Å². The van der Waals surface area contributed by atoms with Crippen molar-refractivity contribution in [2.75, 3.05) is 0 Å². The van der Waals surface area contributed by atoms with Crippen LogP contribution >= 0.6 is 0 Å². The Morgan fingerprint density at radius 1 is 0.923 bits per heavy atom. The Balaban J connectivity index is 2.13. The van der Waals surface area contributed by atoms with Gasteiger partial charge in [0, 0.05) is 0 Å². The van der Waals surface area contributed by atoms with Crippen LogP contribution in [0.5, 0.6) is 0 Å². The highest BCUT2D eigenvalue weighted by Gasteiger charge is 2.37. The molecule has 0 bridgehead atoms. The molecule has 0 nitrogen and oxygen atoms in total. The van der Waals surface area contributed by atoms with Gasteiger partial charge in [0.05, 0.1) is 0 Å². The molecule has 1 fully saturated rings. The number of hydrogen-bond acceptors (Lipinski definition) is 0. The van der Waals surface area contributed by atoms with Crippen molar-refractivity contribution in [3.8, 4) is 0 Å².